The molecule has 5 heteroatoms. The molecule has 2 amide bonds. The molecule has 0 bridgehead atoms. The largest absolute Gasteiger partial charge is 0.480 e. The van der Waals surface area contributed by atoms with Crippen molar-refractivity contribution in [1.82, 2.24) is 10.2 Å². The molecule has 2 N–H and O–H groups in total. The van der Waals surface area contributed by atoms with E-state index in [1.165, 1.54) is 6.42 Å². The Bertz CT molecular complexity index is 349. The zero-order valence-corrected chi connectivity index (χ0v) is 12.3. The number of carbonyl (C=O) groups is 2. The molecule has 0 spiro atoms. The lowest BCUT2D eigenvalue weighted by atomic mass is 9.84. The maximum Gasteiger partial charge on any atom is 0.326 e. The number of carboxylic acid groups (broad SMARTS) is 1. The van der Waals surface area contributed by atoms with E-state index in [9.17, 15) is 14.7 Å². The van der Waals surface area contributed by atoms with E-state index in [4.69, 9.17) is 0 Å². The van der Waals surface area contributed by atoms with Gasteiger partial charge in [-0.3, -0.25) is 0 Å². The van der Waals surface area contributed by atoms with Crippen LogP contribution in [0.5, 0.6) is 0 Å². The second-order valence-electron chi connectivity index (χ2n) is 6.09. The van der Waals surface area contributed by atoms with Crippen LogP contribution in [0, 0.1) is 5.92 Å². The first-order valence-electron chi connectivity index (χ1n) is 7.93. The standard InChI is InChI=1S/C15H26N2O3/c1-2-10-17(12-8-9-12)15(20)16-13(14(18)19)11-6-4-3-5-7-11/h11-13H,2-10H2,1H3,(H,16,20)(H,18,19). The summed E-state index contributed by atoms with van der Waals surface area (Å²) in [5.41, 5.74) is 0. The number of nitrogens with zero attached hydrogens (tertiary/aromatic N) is 1. The maximum atomic E-state index is 12.3. The van der Waals surface area contributed by atoms with Crippen LogP contribution in [0.3, 0.4) is 0 Å². The first kappa shape index (κ1) is 15.1. The zero-order chi connectivity index (χ0) is 14.5. The van der Waals surface area contributed by atoms with Crippen molar-refractivity contribution in [2.45, 2.75) is 70.4 Å². The summed E-state index contributed by atoms with van der Waals surface area (Å²) in [4.78, 5) is 25.6. The van der Waals surface area contributed by atoms with Crippen molar-refractivity contribution in [3.63, 3.8) is 0 Å². The summed E-state index contributed by atoms with van der Waals surface area (Å²) < 4.78 is 0. The number of amides is 2. The van der Waals surface area contributed by atoms with E-state index >= 15 is 0 Å². The predicted octanol–water partition coefficient (Wildman–Crippen LogP) is 2.60. The van der Waals surface area contributed by atoms with Crippen LogP contribution in [-0.4, -0.2) is 40.6 Å². The minimum Gasteiger partial charge on any atom is -0.480 e. The van der Waals surface area contributed by atoms with Gasteiger partial charge in [-0.25, -0.2) is 9.59 Å². The van der Waals surface area contributed by atoms with Gasteiger partial charge in [-0.1, -0.05) is 26.2 Å². The van der Waals surface area contributed by atoms with Crippen LogP contribution in [0.15, 0.2) is 0 Å². The Morgan fingerprint density at radius 2 is 1.85 bits per heavy atom. The van der Waals surface area contributed by atoms with Gasteiger partial charge < -0.3 is 15.3 Å². The van der Waals surface area contributed by atoms with Gasteiger partial charge in [0.05, 0.1) is 0 Å². The minimum absolute atomic E-state index is 0.0906. The number of nitrogens with one attached hydrogen (secondary N) is 1. The summed E-state index contributed by atoms with van der Waals surface area (Å²) in [5, 5.41) is 12.2. The molecule has 2 aliphatic carbocycles. The summed E-state index contributed by atoms with van der Waals surface area (Å²) >= 11 is 0. The first-order valence-corrected chi connectivity index (χ1v) is 7.93. The van der Waals surface area contributed by atoms with E-state index in [0.717, 1.165) is 44.9 Å². The summed E-state index contributed by atoms with van der Waals surface area (Å²) in [6, 6.07) is -0.580. The van der Waals surface area contributed by atoms with Crippen molar-refractivity contribution in [1.29, 1.82) is 0 Å². The lowest BCUT2D eigenvalue weighted by molar-refractivity contribution is -0.141. The predicted molar refractivity (Wildman–Crippen MR) is 76.5 cm³/mol. The molecular weight excluding hydrogens is 256 g/mol. The average Bonchev–Trinajstić information content (AvgIpc) is 3.27. The van der Waals surface area contributed by atoms with E-state index in [1.54, 1.807) is 0 Å². The van der Waals surface area contributed by atoms with Crippen molar-refractivity contribution in [2.24, 2.45) is 5.92 Å². The third-order valence-corrected chi connectivity index (χ3v) is 4.38. The molecule has 2 aliphatic rings. The quantitative estimate of drug-likeness (QED) is 0.786. The Morgan fingerprint density at radius 3 is 2.35 bits per heavy atom. The fourth-order valence-corrected chi connectivity index (χ4v) is 3.14. The van der Waals surface area contributed by atoms with Gasteiger partial charge in [-0.2, -0.15) is 0 Å². The van der Waals surface area contributed by atoms with Crippen LogP contribution in [0.2, 0.25) is 0 Å². The van der Waals surface area contributed by atoms with Crippen molar-refractivity contribution in [3.8, 4) is 0 Å². The molecule has 0 aromatic heterocycles. The number of urea groups is 1. The van der Waals surface area contributed by atoms with Crippen LogP contribution in [0.25, 0.3) is 0 Å². The van der Waals surface area contributed by atoms with Gasteiger partial charge in [0, 0.05) is 12.6 Å². The first-order chi connectivity index (χ1) is 9.63. The number of rotatable bonds is 6. The van der Waals surface area contributed by atoms with E-state index in [0.29, 0.717) is 12.6 Å². The molecule has 0 radical (unpaired) electrons. The molecule has 0 aromatic rings. The van der Waals surface area contributed by atoms with Gasteiger partial charge in [-0.05, 0) is 38.0 Å². The third kappa shape index (κ3) is 3.87. The summed E-state index contributed by atoms with van der Waals surface area (Å²) in [5.74, 6) is -0.801. The molecule has 114 valence electrons. The molecular formula is C15H26N2O3. The number of carbonyl (C=O) groups excluding carboxylic acids is 1. The molecule has 2 fully saturated rings. The molecule has 5 nitrogen and oxygen atoms in total. The third-order valence-electron chi connectivity index (χ3n) is 4.38. The fourth-order valence-electron chi connectivity index (χ4n) is 3.14. The van der Waals surface area contributed by atoms with Gasteiger partial charge >= 0.3 is 12.0 Å². The molecule has 2 rings (SSSR count). The highest BCUT2D eigenvalue weighted by molar-refractivity contribution is 5.83. The van der Waals surface area contributed by atoms with Gasteiger partial charge in [0.2, 0.25) is 0 Å². The summed E-state index contributed by atoms with van der Waals surface area (Å²) in [6.07, 6.45) is 8.16. The molecule has 20 heavy (non-hydrogen) atoms. The van der Waals surface area contributed by atoms with E-state index in [-0.39, 0.29) is 11.9 Å². The van der Waals surface area contributed by atoms with Crippen molar-refractivity contribution in [2.75, 3.05) is 6.54 Å². The molecule has 0 saturated heterocycles. The Morgan fingerprint density at radius 1 is 1.20 bits per heavy atom. The normalized spacial score (nSPS) is 21.2. The SMILES string of the molecule is CCCN(C(=O)NC(C(=O)O)C1CCCCC1)C1CC1. The molecule has 1 atom stereocenters. The van der Waals surface area contributed by atoms with Crippen molar-refractivity contribution in [3.05, 3.63) is 0 Å². The lowest BCUT2D eigenvalue weighted by Crippen LogP contribution is -2.52. The maximum absolute atomic E-state index is 12.3. The van der Waals surface area contributed by atoms with Gasteiger partial charge in [0.15, 0.2) is 0 Å². The molecule has 0 heterocycles. The Balaban J connectivity index is 1.95. The van der Waals surface area contributed by atoms with Crippen LogP contribution >= 0.6 is 0 Å². The van der Waals surface area contributed by atoms with Crippen molar-refractivity contribution >= 4 is 12.0 Å². The van der Waals surface area contributed by atoms with Crippen LogP contribution < -0.4 is 5.32 Å². The Labute approximate surface area is 120 Å². The molecule has 0 aliphatic heterocycles. The van der Waals surface area contributed by atoms with Crippen LogP contribution in [0.4, 0.5) is 4.79 Å². The number of aliphatic carboxylic acids is 1. The van der Waals surface area contributed by atoms with Gasteiger partial charge in [0.25, 0.3) is 0 Å². The van der Waals surface area contributed by atoms with Crippen LogP contribution in [0.1, 0.15) is 58.3 Å². The molecule has 2 saturated carbocycles. The summed E-state index contributed by atoms with van der Waals surface area (Å²) in [6.45, 7) is 2.76. The second kappa shape index (κ2) is 6.95. The van der Waals surface area contributed by atoms with Crippen molar-refractivity contribution < 1.29 is 14.7 Å². The van der Waals surface area contributed by atoms with Crippen LogP contribution in [-0.2, 0) is 4.79 Å². The highest BCUT2D eigenvalue weighted by atomic mass is 16.4. The Kier molecular flexibility index (Phi) is 5.26. The topological polar surface area (TPSA) is 69.6 Å². The monoisotopic (exact) mass is 282 g/mol. The lowest BCUT2D eigenvalue weighted by Gasteiger charge is -2.30. The van der Waals surface area contributed by atoms with E-state index < -0.39 is 12.0 Å². The fraction of sp³-hybridized carbons (Fsp3) is 0.867. The number of hydrogen-bond donors (Lipinski definition) is 2. The smallest absolute Gasteiger partial charge is 0.326 e. The number of carboxylic acids is 1. The van der Waals surface area contributed by atoms with E-state index in [2.05, 4.69) is 5.32 Å². The zero-order valence-electron chi connectivity index (χ0n) is 12.3. The summed E-state index contributed by atoms with van der Waals surface area (Å²) in [7, 11) is 0. The highest BCUT2D eigenvalue weighted by Crippen LogP contribution is 2.29. The Hall–Kier alpha value is -1.26. The van der Waals surface area contributed by atoms with Gasteiger partial charge in [-0.15, -0.1) is 0 Å². The average molecular weight is 282 g/mol. The molecule has 1 unspecified atom stereocenters. The highest BCUT2D eigenvalue weighted by Gasteiger charge is 2.36. The van der Waals surface area contributed by atoms with E-state index in [1.807, 2.05) is 11.8 Å². The minimum atomic E-state index is -0.891. The van der Waals surface area contributed by atoms with Gasteiger partial charge in [0.1, 0.15) is 6.04 Å². The molecule has 0 aromatic carbocycles. The second-order valence-corrected chi connectivity index (χ2v) is 6.09. The number of hydrogen-bond acceptors (Lipinski definition) is 2.